The average Bonchev–Trinajstić information content (AvgIpc) is 2.60. The van der Waals surface area contributed by atoms with E-state index in [0.29, 0.717) is 24.8 Å². The van der Waals surface area contributed by atoms with Gasteiger partial charge in [0.05, 0.1) is 17.4 Å². The fourth-order valence-corrected chi connectivity index (χ4v) is 2.50. The molecule has 0 aliphatic carbocycles. The molecule has 140 valence electrons. The van der Waals surface area contributed by atoms with Gasteiger partial charge in [0.25, 0.3) is 5.56 Å². The van der Waals surface area contributed by atoms with Crippen molar-refractivity contribution in [2.45, 2.75) is 20.3 Å². The first-order valence-corrected chi connectivity index (χ1v) is 8.86. The number of carbonyl (C=O) groups is 1. The van der Waals surface area contributed by atoms with Crippen molar-refractivity contribution in [3.63, 3.8) is 0 Å². The van der Waals surface area contributed by atoms with Crippen molar-refractivity contribution in [2.24, 2.45) is 19.1 Å². The molecule has 3 N–H and O–H groups in total. The Bertz CT molecular complexity index is 716. The number of nitrogen functional groups attached to an aromatic ring is 1. The number of nitrogens with two attached hydrogens (primary N) is 1. The number of nitrogens with zero attached hydrogens (tertiary/aromatic N) is 3. The Hall–Kier alpha value is -2.07. The van der Waals surface area contributed by atoms with E-state index in [9.17, 15) is 14.4 Å². The molecule has 1 aromatic rings. The van der Waals surface area contributed by atoms with Crippen LogP contribution in [0.4, 0.5) is 11.5 Å². The molecular formula is C15H25N5O4S. The number of hydrogen-bond donors (Lipinski definition) is 2. The Morgan fingerprint density at radius 2 is 1.96 bits per heavy atom. The second kappa shape index (κ2) is 10.0. The van der Waals surface area contributed by atoms with Crippen LogP contribution in [0.1, 0.15) is 20.3 Å². The highest BCUT2D eigenvalue weighted by Crippen LogP contribution is 2.17. The smallest absolute Gasteiger partial charge is 0.332 e. The highest BCUT2D eigenvalue weighted by Gasteiger charge is 2.12. The summed E-state index contributed by atoms with van der Waals surface area (Å²) < 4.78 is 7.39. The number of rotatable bonds is 8. The van der Waals surface area contributed by atoms with Gasteiger partial charge in [-0.1, -0.05) is 6.92 Å². The number of aromatic nitrogens is 2. The predicted molar refractivity (Wildman–Crippen MR) is 101 cm³/mol. The van der Waals surface area contributed by atoms with E-state index in [-0.39, 0.29) is 23.2 Å². The summed E-state index contributed by atoms with van der Waals surface area (Å²) in [4.78, 5) is 39.8. The van der Waals surface area contributed by atoms with Crippen molar-refractivity contribution >= 4 is 34.2 Å². The molecule has 1 aromatic heterocycles. The maximum absolute atomic E-state index is 11.9. The van der Waals surface area contributed by atoms with Crippen LogP contribution in [0.2, 0.25) is 0 Å². The Kier molecular flexibility index (Phi) is 8.42. The maximum atomic E-state index is 11.9. The predicted octanol–water partition coefficient (Wildman–Crippen LogP) is -0.00790. The van der Waals surface area contributed by atoms with Gasteiger partial charge in [-0.15, -0.1) is 11.8 Å². The van der Waals surface area contributed by atoms with Crippen LogP contribution in [0.3, 0.4) is 0 Å². The molecule has 9 nitrogen and oxygen atoms in total. The first-order valence-electron chi connectivity index (χ1n) is 7.87. The summed E-state index contributed by atoms with van der Waals surface area (Å²) >= 11 is 1.20. The molecule has 0 bridgehead atoms. The molecule has 0 saturated heterocycles. The van der Waals surface area contributed by atoms with Crippen LogP contribution < -0.4 is 22.3 Å². The van der Waals surface area contributed by atoms with Gasteiger partial charge < -0.3 is 15.8 Å². The second-order valence-corrected chi connectivity index (χ2v) is 6.49. The van der Waals surface area contributed by atoms with Gasteiger partial charge in [-0.2, -0.15) is 0 Å². The summed E-state index contributed by atoms with van der Waals surface area (Å²) in [6, 6.07) is 0. The molecule has 0 saturated carbocycles. The number of nitrogens with one attached hydrogen (secondary N) is 1. The van der Waals surface area contributed by atoms with E-state index in [1.807, 2.05) is 6.92 Å². The molecule has 1 amide bonds. The van der Waals surface area contributed by atoms with Gasteiger partial charge in [0, 0.05) is 27.2 Å². The van der Waals surface area contributed by atoms with Crippen molar-refractivity contribution in [1.82, 2.24) is 14.5 Å². The van der Waals surface area contributed by atoms with Crippen LogP contribution >= 0.6 is 11.8 Å². The molecule has 0 aliphatic heterocycles. The van der Waals surface area contributed by atoms with Gasteiger partial charge in [0.1, 0.15) is 5.69 Å². The molecule has 1 rings (SSSR count). The number of thioether (sulfide) groups is 1. The van der Waals surface area contributed by atoms with Gasteiger partial charge in [0.15, 0.2) is 5.82 Å². The van der Waals surface area contributed by atoms with Crippen molar-refractivity contribution in [3.8, 4) is 0 Å². The van der Waals surface area contributed by atoms with Crippen LogP contribution in [-0.2, 0) is 23.6 Å². The molecule has 0 spiro atoms. The van der Waals surface area contributed by atoms with E-state index in [2.05, 4.69) is 10.3 Å². The van der Waals surface area contributed by atoms with E-state index in [1.165, 1.54) is 30.4 Å². The lowest BCUT2D eigenvalue weighted by atomic mass is 10.4. The van der Waals surface area contributed by atoms with Crippen molar-refractivity contribution in [1.29, 1.82) is 0 Å². The number of anilines is 1. The summed E-state index contributed by atoms with van der Waals surface area (Å²) in [5.41, 5.74) is 4.54. The van der Waals surface area contributed by atoms with Gasteiger partial charge in [-0.25, -0.2) is 9.79 Å². The highest BCUT2D eigenvalue weighted by atomic mass is 32.2. The molecule has 0 unspecified atom stereocenters. The summed E-state index contributed by atoms with van der Waals surface area (Å²) in [5.74, 6) is 0.110. The summed E-state index contributed by atoms with van der Waals surface area (Å²) in [6.07, 6.45) is 0.938. The standard InChI is InChI=1S/C15H25N5O4S/c1-5-7-24-8-6-17-11(21)9-25-10(2)18-13-12(16)14(22)20(4)15(23)19(13)3/h5-9,16H2,1-4H3,(H,17,21)/b18-10+. The lowest BCUT2D eigenvalue weighted by Gasteiger charge is -2.10. The van der Waals surface area contributed by atoms with Gasteiger partial charge >= 0.3 is 5.69 Å². The number of hydrogen-bond acceptors (Lipinski definition) is 7. The molecule has 0 atom stereocenters. The van der Waals surface area contributed by atoms with Crippen LogP contribution in [0.5, 0.6) is 0 Å². The normalized spacial score (nSPS) is 11.6. The lowest BCUT2D eigenvalue weighted by molar-refractivity contribution is -0.118. The third-order valence-electron chi connectivity index (χ3n) is 3.26. The van der Waals surface area contributed by atoms with E-state index >= 15 is 0 Å². The van der Waals surface area contributed by atoms with Crippen molar-refractivity contribution in [2.75, 3.05) is 31.2 Å². The highest BCUT2D eigenvalue weighted by molar-refractivity contribution is 8.14. The zero-order valence-corrected chi connectivity index (χ0v) is 15.8. The summed E-state index contributed by atoms with van der Waals surface area (Å²) in [7, 11) is 2.84. The first kappa shape index (κ1) is 21.0. The summed E-state index contributed by atoms with van der Waals surface area (Å²) in [5, 5.41) is 3.26. The van der Waals surface area contributed by atoms with Gasteiger partial charge in [0.2, 0.25) is 5.91 Å². The monoisotopic (exact) mass is 371 g/mol. The van der Waals surface area contributed by atoms with Crippen LogP contribution in [0, 0.1) is 0 Å². The second-order valence-electron chi connectivity index (χ2n) is 5.32. The molecule has 25 heavy (non-hydrogen) atoms. The third-order valence-corrected chi connectivity index (χ3v) is 4.18. The van der Waals surface area contributed by atoms with Crippen LogP contribution in [-0.4, -0.2) is 45.6 Å². The Labute approximate surface area is 150 Å². The first-order chi connectivity index (χ1) is 11.8. The lowest BCUT2D eigenvalue weighted by Crippen LogP contribution is -2.38. The zero-order valence-electron chi connectivity index (χ0n) is 15.0. The molecule has 0 aliphatic rings. The minimum Gasteiger partial charge on any atom is -0.391 e. The fourth-order valence-electron chi connectivity index (χ4n) is 1.91. The third kappa shape index (κ3) is 6.05. The largest absolute Gasteiger partial charge is 0.391 e. The van der Waals surface area contributed by atoms with E-state index in [1.54, 1.807) is 6.92 Å². The number of ether oxygens (including phenoxy) is 1. The molecule has 10 heteroatoms. The molecule has 0 aromatic carbocycles. The molecule has 0 radical (unpaired) electrons. The molecular weight excluding hydrogens is 346 g/mol. The van der Waals surface area contributed by atoms with E-state index in [4.69, 9.17) is 10.5 Å². The average molecular weight is 371 g/mol. The maximum Gasteiger partial charge on any atom is 0.332 e. The van der Waals surface area contributed by atoms with Crippen LogP contribution in [0.15, 0.2) is 14.6 Å². The van der Waals surface area contributed by atoms with Crippen molar-refractivity contribution in [3.05, 3.63) is 20.8 Å². The van der Waals surface area contributed by atoms with Crippen LogP contribution in [0.25, 0.3) is 0 Å². The van der Waals surface area contributed by atoms with Gasteiger partial charge in [-0.3, -0.25) is 18.7 Å². The number of carbonyl (C=O) groups excluding carboxylic acids is 1. The SMILES string of the molecule is CCCOCCNC(=O)CS/C(C)=N/c1c(N)c(=O)n(C)c(=O)n1C. The molecule has 0 fully saturated rings. The van der Waals surface area contributed by atoms with Gasteiger partial charge in [-0.05, 0) is 13.3 Å². The Morgan fingerprint density at radius 3 is 2.60 bits per heavy atom. The van der Waals surface area contributed by atoms with Crippen molar-refractivity contribution < 1.29 is 9.53 Å². The van der Waals surface area contributed by atoms with E-state index in [0.717, 1.165) is 11.0 Å². The quantitative estimate of drug-likeness (QED) is 0.377. The minimum absolute atomic E-state index is 0.0893. The summed E-state index contributed by atoms with van der Waals surface area (Å²) in [6.45, 7) is 5.30. The topological polar surface area (TPSA) is 121 Å². The Balaban J connectivity index is 2.67. The molecule has 1 heterocycles. The fraction of sp³-hybridized carbons (Fsp3) is 0.600. The zero-order chi connectivity index (χ0) is 19.0. The Morgan fingerprint density at radius 1 is 1.28 bits per heavy atom. The number of aliphatic imine (C=N–C) groups is 1. The number of amides is 1. The van der Waals surface area contributed by atoms with E-state index < -0.39 is 11.2 Å². The minimum atomic E-state index is -0.593.